The van der Waals surface area contributed by atoms with Crippen LogP contribution in [-0.4, -0.2) is 30.5 Å². The second-order valence-corrected chi connectivity index (χ2v) is 7.32. The average molecular weight is 465 g/mol. The highest BCUT2D eigenvalue weighted by Crippen LogP contribution is 2.15. The SMILES string of the molecule is Cc1ccccc1NC(=O)COc1cccc(/C=N\NC(=O)C(=O)Nc2cccc(Cl)c2)c1. The van der Waals surface area contributed by atoms with E-state index in [0.717, 1.165) is 11.3 Å². The summed E-state index contributed by atoms with van der Waals surface area (Å²) in [7, 11) is 0. The average Bonchev–Trinajstić information content (AvgIpc) is 2.79. The van der Waals surface area contributed by atoms with Crippen LogP contribution in [-0.2, 0) is 14.4 Å². The molecule has 0 bridgehead atoms. The molecule has 0 radical (unpaired) electrons. The van der Waals surface area contributed by atoms with E-state index in [2.05, 4.69) is 21.2 Å². The Labute approximate surface area is 195 Å². The van der Waals surface area contributed by atoms with Crippen molar-refractivity contribution in [2.45, 2.75) is 6.92 Å². The van der Waals surface area contributed by atoms with Crippen LogP contribution in [0.4, 0.5) is 11.4 Å². The van der Waals surface area contributed by atoms with E-state index in [0.29, 0.717) is 22.0 Å². The number of rotatable bonds is 7. The molecule has 8 nitrogen and oxygen atoms in total. The maximum Gasteiger partial charge on any atom is 0.329 e. The first-order valence-corrected chi connectivity index (χ1v) is 10.3. The number of hydrogen-bond acceptors (Lipinski definition) is 5. The van der Waals surface area contributed by atoms with Gasteiger partial charge in [0.1, 0.15) is 5.75 Å². The molecule has 3 amide bonds. The molecule has 0 atom stereocenters. The standard InChI is InChI=1S/C24H21ClN4O4/c1-16-6-2-3-11-21(16)28-22(30)15-33-20-10-4-7-17(12-20)14-26-29-24(32)23(31)27-19-9-5-8-18(25)13-19/h2-14H,15H2,1H3,(H,27,31)(H,28,30)(H,29,32)/b26-14-. The van der Waals surface area contributed by atoms with E-state index in [1.54, 1.807) is 42.5 Å². The molecule has 3 aromatic rings. The number of anilines is 2. The third kappa shape index (κ3) is 7.48. The highest BCUT2D eigenvalue weighted by molar-refractivity contribution is 6.39. The molecular weight excluding hydrogens is 444 g/mol. The topological polar surface area (TPSA) is 109 Å². The van der Waals surface area contributed by atoms with Crippen molar-refractivity contribution >= 4 is 46.9 Å². The molecule has 9 heteroatoms. The van der Waals surface area contributed by atoms with E-state index in [1.807, 2.05) is 31.2 Å². The van der Waals surface area contributed by atoms with Crippen molar-refractivity contribution in [2.24, 2.45) is 5.10 Å². The van der Waals surface area contributed by atoms with Gasteiger partial charge in [0.05, 0.1) is 6.21 Å². The van der Waals surface area contributed by atoms with Crippen LogP contribution < -0.4 is 20.8 Å². The second-order valence-electron chi connectivity index (χ2n) is 6.89. The number of nitrogens with zero attached hydrogens (tertiary/aromatic N) is 1. The van der Waals surface area contributed by atoms with Gasteiger partial charge in [0.2, 0.25) is 0 Å². The van der Waals surface area contributed by atoms with Gasteiger partial charge in [-0.3, -0.25) is 14.4 Å². The minimum atomic E-state index is -0.938. The summed E-state index contributed by atoms with van der Waals surface area (Å²) in [4.78, 5) is 36.0. The summed E-state index contributed by atoms with van der Waals surface area (Å²) < 4.78 is 5.53. The van der Waals surface area contributed by atoms with E-state index in [4.69, 9.17) is 16.3 Å². The predicted molar refractivity (Wildman–Crippen MR) is 128 cm³/mol. The molecule has 0 spiro atoms. The van der Waals surface area contributed by atoms with Gasteiger partial charge in [-0.1, -0.05) is 48.0 Å². The van der Waals surface area contributed by atoms with Gasteiger partial charge in [-0.05, 0) is 54.4 Å². The molecule has 0 aromatic heterocycles. The lowest BCUT2D eigenvalue weighted by molar-refractivity contribution is -0.136. The predicted octanol–water partition coefficient (Wildman–Crippen LogP) is 3.75. The first-order valence-electron chi connectivity index (χ1n) is 9.89. The molecule has 0 saturated carbocycles. The van der Waals surface area contributed by atoms with Gasteiger partial charge in [-0.15, -0.1) is 0 Å². The Bertz CT molecular complexity index is 1200. The summed E-state index contributed by atoms with van der Waals surface area (Å²) in [5, 5.41) is 9.42. The molecule has 0 aliphatic rings. The number of carbonyl (C=O) groups is 3. The van der Waals surface area contributed by atoms with Crippen LogP contribution in [0.15, 0.2) is 77.9 Å². The van der Waals surface area contributed by atoms with Gasteiger partial charge in [0.15, 0.2) is 6.61 Å². The number of aryl methyl sites for hydroxylation is 1. The van der Waals surface area contributed by atoms with Crippen molar-refractivity contribution in [3.63, 3.8) is 0 Å². The summed E-state index contributed by atoms with van der Waals surface area (Å²) in [6.45, 7) is 1.73. The number of amides is 3. The summed E-state index contributed by atoms with van der Waals surface area (Å²) in [6, 6.07) is 20.6. The third-order valence-electron chi connectivity index (χ3n) is 4.32. The first kappa shape index (κ1) is 23.5. The number of benzene rings is 3. The smallest absolute Gasteiger partial charge is 0.329 e. The van der Waals surface area contributed by atoms with Gasteiger partial charge < -0.3 is 15.4 Å². The molecule has 168 valence electrons. The minimum absolute atomic E-state index is 0.171. The molecule has 33 heavy (non-hydrogen) atoms. The maximum atomic E-state index is 12.1. The van der Waals surface area contributed by atoms with E-state index < -0.39 is 11.8 Å². The number of nitrogens with one attached hydrogen (secondary N) is 3. The summed E-state index contributed by atoms with van der Waals surface area (Å²) in [6.07, 6.45) is 1.35. The minimum Gasteiger partial charge on any atom is -0.484 e. The molecule has 0 unspecified atom stereocenters. The lowest BCUT2D eigenvalue weighted by Crippen LogP contribution is -2.32. The fraction of sp³-hybridized carbons (Fsp3) is 0.0833. The summed E-state index contributed by atoms with van der Waals surface area (Å²) in [5.41, 5.74) is 4.82. The largest absolute Gasteiger partial charge is 0.484 e. The molecular formula is C24H21ClN4O4. The van der Waals surface area contributed by atoms with Crippen LogP contribution in [0.2, 0.25) is 5.02 Å². The molecule has 0 fully saturated rings. The maximum absolute atomic E-state index is 12.1. The van der Waals surface area contributed by atoms with Crippen molar-refractivity contribution in [1.29, 1.82) is 0 Å². The van der Waals surface area contributed by atoms with Crippen molar-refractivity contribution in [2.75, 3.05) is 17.2 Å². The van der Waals surface area contributed by atoms with Crippen LogP contribution in [0, 0.1) is 6.92 Å². The van der Waals surface area contributed by atoms with Gasteiger partial charge in [-0.2, -0.15) is 5.10 Å². The van der Waals surface area contributed by atoms with Gasteiger partial charge in [0, 0.05) is 16.4 Å². The lowest BCUT2D eigenvalue weighted by Gasteiger charge is -2.09. The molecule has 3 aromatic carbocycles. The van der Waals surface area contributed by atoms with Gasteiger partial charge >= 0.3 is 11.8 Å². The third-order valence-corrected chi connectivity index (χ3v) is 4.55. The second kappa shape index (κ2) is 11.4. The number of hydrogen-bond donors (Lipinski definition) is 3. The normalized spacial score (nSPS) is 10.5. The first-order chi connectivity index (χ1) is 15.9. The highest BCUT2D eigenvalue weighted by Gasteiger charge is 2.13. The van der Waals surface area contributed by atoms with Crippen LogP contribution in [0.3, 0.4) is 0 Å². The van der Waals surface area contributed by atoms with E-state index >= 15 is 0 Å². The zero-order chi connectivity index (χ0) is 23.6. The Morgan fingerprint density at radius 3 is 2.52 bits per heavy atom. The fourth-order valence-electron chi connectivity index (χ4n) is 2.70. The van der Waals surface area contributed by atoms with Crippen LogP contribution in [0.25, 0.3) is 0 Å². The Morgan fingerprint density at radius 2 is 1.73 bits per heavy atom. The zero-order valence-corrected chi connectivity index (χ0v) is 18.4. The van der Waals surface area contributed by atoms with E-state index in [1.165, 1.54) is 12.3 Å². The summed E-state index contributed by atoms with van der Waals surface area (Å²) in [5.74, 6) is -1.66. The van der Waals surface area contributed by atoms with E-state index in [-0.39, 0.29) is 12.5 Å². The Morgan fingerprint density at radius 1 is 0.939 bits per heavy atom. The number of para-hydroxylation sites is 1. The molecule has 0 heterocycles. The number of hydrazone groups is 1. The Kier molecular flexibility index (Phi) is 8.15. The fourth-order valence-corrected chi connectivity index (χ4v) is 2.89. The lowest BCUT2D eigenvalue weighted by atomic mass is 10.2. The van der Waals surface area contributed by atoms with Crippen molar-refractivity contribution in [1.82, 2.24) is 5.43 Å². The van der Waals surface area contributed by atoms with Crippen LogP contribution >= 0.6 is 11.6 Å². The van der Waals surface area contributed by atoms with Crippen LogP contribution in [0.5, 0.6) is 5.75 Å². The van der Waals surface area contributed by atoms with Crippen LogP contribution in [0.1, 0.15) is 11.1 Å². The number of carbonyl (C=O) groups excluding carboxylic acids is 3. The number of ether oxygens (including phenoxy) is 1. The molecule has 3 N–H and O–H groups in total. The highest BCUT2D eigenvalue weighted by atomic mass is 35.5. The zero-order valence-electron chi connectivity index (χ0n) is 17.7. The number of halogens is 1. The van der Waals surface area contributed by atoms with Crippen molar-refractivity contribution < 1.29 is 19.1 Å². The molecule has 0 aliphatic carbocycles. The van der Waals surface area contributed by atoms with E-state index in [9.17, 15) is 14.4 Å². The molecule has 0 aliphatic heterocycles. The monoisotopic (exact) mass is 464 g/mol. The Balaban J connectivity index is 1.48. The molecule has 0 saturated heterocycles. The van der Waals surface area contributed by atoms with Gasteiger partial charge in [-0.25, -0.2) is 5.43 Å². The quantitative estimate of drug-likeness (QED) is 0.281. The molecule has 3 rings (SSSR count). The van der Waals surface area contributed by atoms with Crippen molar-refractivity contribution in [3.8, 4) is 5.75 Å². The van der Waals surface area contributed by atoms with Gasteiger partial charge in [0.25, 0.3) is 5.91 Å². The van der Waals surface area contributed by atoms with Crippen molar-refractivity contribution in [3.05, 3.63) is 88.9 Å². The summed E-state index contributed by atoms with van der Waals surface area (Å²) >= 11 is 5.85. The Hall–Kier alpha value is -4.17.